The van der Waals surface area contributed by atoms with Crippen molar-refractivity contribution in [3.63, 3.8) is 0 Å². The number of thioether (sulfide) groups is 1. The van der Waals surface area contributed by atoms with E-state index in [1.807, 2.05) is 24.4 Å². The Morgan fingerprint density at radius 1 is 1.24 bits per heavy atom. The van der Waals surface area contributed by atoms with Crippen molar-refractivity contribution >= 4 is 41.0 Å². The van der Waals surface area contributed by atoms with Crippen LogP contribution in [0.4, 0.5) is 4.79 Å². The second-order valence-electron chi connectivity index (χ2n) is 6.78. The number of nitrogens with one attached hydrogen (secondary N) is 2. The molecule has 0 saturated heterocycles. The summed E-state index contributed by atoms with van der Waals surface area (Å²) in [6.07, 6.45) is 4.00. The lowest BCUT2D eigenvalue weighted by Gasteiger charge is -2.12. The second kappa shape index (κ2) is 10.4. The number of imide groups is 1. The van der Waals surface area contributed by atoms with Gasteiger partial charge in [0.15, 0.2) is 6.61 Å². The summed E-state index contributed by atoms with van der Waals surface area (Å²) >= 11 is 3.10. The van der Waals surface area contributed by atoms with Crippen LogP contribution in [-0.2, 0) is 15.3 Å². The van der Waals surface area contributed by atoms with E-state index < -0.39 is 24.5 Å². The van der Waals surface area contributed by atoms with Crippen LogP contribution in [-0.4, -0.2) is 35.5 Å². The van der Waals surface area contributed by atoms with E-state index in [2.05, 4.69) is 15.6 Å². The molecule has 1 aromatic carbocycles. The fourth-order valence-corrected chi connectivity index (χ4v) is 4.90. The van der Waals surface area contributed by atoms with Gasteiger partial charge in [-0.05, 0) is 31.4 Å². The van der Waals surface area contributed by atoms with Gasteiger partial charge in [-0.2, -0.15) is 0 Å². The minimum Gasteiger partial charge on any atom is -0.452 e. The number of nitrogens with zero attached hydrogens (tertiary/aromatic N) is 1. The molecule has 7 nitrogen and oxygen atoms in total. The van der Waals surface area contributed by atoms with Crippen LogP contribution in [0, 0.1) is 6.92 Å². The Bertz CT molecular complexity index is 878. The van der Waals surface area contributed by atoms with E-state index in [0.29, 0.717) is 11.3 Å². The quantitative estimate of drug-likeness (QED) is 0.511. The van der Waals surface area contributed by atoms with Gasteiger partial charge in [0, 0.05) is 22.9 Å². The number of esters is 1. The normalized spacial score (nSPS) is 13.8. The number of carbonyl (C=O) groups excluding carboxylic acids is 3. The molecule has 3 rings (SSSR count). The molecule has 154 valence electrons. The van der Waals surface area contributed by atoms with Gasteiger partial charge in [0.2, 0.25) is 0 Å². The van der Waals surface area contributed by atoms with E-state index in [-0.39, 0.29) is 6.04 Å². The van der Waals surface area contributed by atoms with E-state index in [1.54, 1.807) is 35.2 Å². The van der Waals surface area contributed by atoms with E-state index in [4.69, 9.17) is 4.74 Å². The first-order valence-electron chi connectivity index (χ1n) is 9.41. The van der Waals surface area contributed by atoms with E-state index in [1.165, 1.54) is 0 Å². The lowest BCUT2D eigenvalue weighted by atomic mass is 10.1. The molecule has 1 heterocycles. The minimum absolute atomic E-state index is 0.108. The second-order valence-corrected chi connectivity index (χ2v) is 8.86. The third-order valence-electron chi connectivity index (χ3n) is 4.46. The Morgan fingerprint density at radius 2 is 2.00 bits per heavy atom. The average Bonchev–Trinajstić information content (AvgIpc) is 3.36. The number of benzene rings is 1. The zero-order valence-electron chi connectivity index (χ0n) is 16.1. The predicted molar refractivity (Wildman–Crippen MR) is 112 cm³/mol. The van der Waals surface area contributed by atoms with Gasteiger partial charge < -0.3 is 10.1 Å². The maximum Gasteiger partial charge on any atom is 0.338 e. The third-order valence-corrected chi connectivity index (χ3v) is 6.65. The van der Waals surface area contributed by atoms with Crippen molar-refractivity contribution < 1.29 is 19.1 Å². The topological polar surface area (TPSA) is 97.4 Å². The number of hydrogen-bond donors (Lipinski definition) is 2. The molecule has 0 spiro atoms. The first kappa shape index (κ1) is 21.3. The number of rotatable bonds is 7. The molecule has 1 aliphatic carbocycles. The van der Waals surface area contributed by atoms with Crippen LogP contribution < -0.4 is 10.6 Å². The zero-order chi connectivity index (χ0) is 20.6. The van der Waals surface area contributed by atoms with Crippen molar-refractivity contribution in [3.05, 3.63) is 46.5 Å². The maximum atomic E-state index is 12.4. The van der Waals surface area contributed by atoms with E-state index >= 15 is 0 Å². The monoisotopic (exact) mass is 433 g/mol. The summed E-state index contributed by atoms with van der Waals surface area (Å²) in [7, 11) is 0. The maximum absolute atomic E-state index is 12.4. The van der Waals surface area contributed by atoms with Gasteiger partial charge in [0.1, 0.15) is 4.34 Å². The molecule has 1 aromatic heterocycles. The van der Waals surface area contributed by atoms with Gasteiger partial charge in [0.05, 0.1) is 5.56 Å². The van der Waals surface area contributed by atoms with Crippen LogP contribution in [0.2, 0.25) is 0 Å². The molecule has 0 radical (unpaired) electrons. The molecule has 9 heteroatoms. The van der Waals surface area contributed by atoms with Gasteiger partial charge in [-0.25, -0.2) is 14.6 Å². The number of thiazole rings is 1. The Balaban J connectivity index is 1.48. The molecule has 0 aliphatic heterocycles. The summed E-state index contributed by atoms with van der Waals surface area (Å²) in [5.74, 6) is -0.685. The Kier molecular flexibility index (Phi) is 7.65. The standard InChI is InChI=1S/C20H23N3O4S2/c1-13-11-28-20(21-13)29-12-14-6-2-5-9-16(14)18(25)27-10-17(24)23-19(26)22-15-7-3-4-8-15/h2,5-6,9,11,15H,3-4,7-8,10,12H2,1H3,(H2,22,23,24,26). The van der Waals surface area contributed by atoms with Crippen LogP contribution >= 0.6 is 23.1 Å². The molecule has 1 saturated carbocycles. The van der Waals surface area contributed by atoms with Crippen molar-refractivity contribution in [1.82, 2.24) is 15.6 Å². The highest BCUT2D eigenvalue weighted by molar-refractivity contribution is 8.00. The number of hydrogen-bond acceptors (Lipinski definition) is 7. The number of aryl methyl sites for hydroxylation is 1. The number of urea groups is 1. The highest BCUT2D eigenvalue weighted by Crippen LogP contribution is 2.27. The highest BCUT2D eigenvalue weighted by atomic mass is 32.2. The summed E-state index contributed by atoms with van der Waals surface area (Å²) in [5, 5.41) is 6.93. The van der Waals surface area contributed by atoms with Gasteiger partial charge in [-0.1, -0.05) is 42.8 Å². The van der Waals surface area contributed by atoms with Crippen LogP contribution in [0.5, 0.6) is 0 Å². The first-order valence-corrected chi connectivity index (χ1v) is 11.3. The van der Waals surface area contributed by atoms with Gasteiger partial charge in [0.25, 0.3) is 5.91 Å². The van der Waals surface area contributed by atoms with Crippen LogP contribution in [0.1, 0.15) is 47.3 Å². The molecule has 0 unspecified atom stereocenters. The van der Waals surface area contributed by atoms with Crippen molar-refractivity contribution in [2.45, 2.75) is 48.7 Å². The number of aromatic nitrogens is 1. The smallest absolute Gasteiger partial charge is 0.338 e. The molecule has 0 atom stereocenters. The van der Waals surface area contributed by atoms with Gasteiger partial charge >= 0.3 is 12.0 Å². The molecule has 1 fully saturated rings. The minimum atomic E-state index is -0.654. The fraction of sp³-hybridized carbons (Fsp3) is 0.400. The third kappa shape index (κ3) is 6.57. The van der Waals surface area contributed by atoms with Crippen molar-refractivity contribution in [2.24, 2.45) is 0 Å². The Hall–Kier alpha value is -2.39. The molecular weight excluding hydrogens is 410 g/mol. The molecule has 1 aliphatic rings. The SMILES string of the molecule is Cc1csc(SCc2ccccc2C(=O)OCC(=O)NC(=O)NC2CCCC2)n1. The molecule has 2 N–H and O–H groups in total. The molecule has 29 heavy (non-hydrogen) atoms. The lowest BCUT2D eigenvalue weighted by Crippen LogP contribution is -2.45. The summed E-state index contributed by atoms with van der Waals surface area (Å²) in [5.41, 5.74) is 2.17. The van der Waals surface area contributed by atoms with Crippen LogP contribution in [0.25, 0.3) is 0 Å². The summed E-state index contributed by atoms with van der Waals surface area (Å²) in [4.78, 5) is 40.5. The van der Waals surface area contributed by atoms with Crippen LogP contribution in [0.15, 0.2) is 34.0 Å². The molecule has 0 bridgehead atoms. The number of amides is 3. The van der Waals surface area contributed by atoms with Crippen molar-refractivity contribution in [3.8, 4) is 0 Å². The lowest BCUT2D eigenvalue weighted by molar-refractivity contribution is -0.123. The molecule has 2 aromatic rings. The van der Waals surface area contributed by atoms with Gasteiger partial charge in [-0.3, -0.25) is 10.1 Å². The van der Waals surface area contributed by atoms with E-state index in [9.17, 15) is 14.4 Å². The zero-order valence-corrected chi connectivity index (χ0v) is 17.7. The Morgan fingerprint density at radius 3 is 2.72 bits per heavy atom. The van der Waals surface area contributed by atoms with Gasteiger partial charge in [-0.15, -0.1) is 11.3 Å². The molecular formula is C20H23N3O4S2. The summed E-state index contributed by atoms with van der Waals surface area (Å²) in [6, 6.07) is 6.66. The Labute approximate surface area is 177 Å². The van der Waals surface area contributed by atoms with Crippen molar-refractivity contribution in [1.29, 1.82) is 0 Å². The number of ether oxygens (including phenoxy) is 1. The number of carbonyl (C=O) groups is 3. The van der Waals surface area contributed by atoms with E-state index in [0.717, 1.165) is 41.3 Å². The van der Waals surface area contributed by atoms with Crippen molar-refractivity contribution in [2.75, 3.05) is 6.61 Å². The molecule has 3 amide bonds. The summed E-state index contributed by atoms with van der Waals surface area (Å²) < 4.78 is 6.03. The average molecular weight is 434 g/mol. The highest BCUT2D eigenvalue weighted by Gasteiger charge is 2.19. The first-order chi connectivity index (χ1) is 14.0. The predicted octanol–water partition coefficient (Wildman–Crippen LogP) is 3.67. The van der Waals surface area contributed by atoms with Crippen LogP contribution in [0.3, 0.4) is 0 Å². The summed E-state index contributed by atoms with van der Waals surface area (Å²) in [6.45, 7) is 1.43. The fourth-order valence-electron chi connectivity index (χ4n) is 3.05. The largest absolute Gasteiger partial charge is 0.452 e.